The Morgan fingerprint density at radius 1 is 1.05 bits per heavy atom. The van der Waals surface area contributed by atoms with Crippen LogP contribution in [0.25, 0.3) is 10.8 Å². The summed E-state index contributed by atoms with van der Waals surface area (Å²) in [6, 6.07) is 4.46. The summed E-state index contributed by atoms with van der Waals surface area (Å²) in [6.45, 7) is 7.48. The highest BCUT2D eigenvalue weighted by Crippen LogP contribution is 2.47. The van der Waals surface area contributed by atoms with Gasteiger partial charge in [-0.3, -0.25) is 28.5 Å². The Morgan fingerprint density at radius 3 is 2.52 bits per heavy atom. The number of aromatic nitrogens is 1. The van der Waals surface area contributed by atoms with E-state index < -0.39 is 68.2 Å². The number of alkyl carbamates (subject to hydrolysis) is 1. The van der Waals surface area contributed by atoms with E-state index in [2.05, 4.69) is 21.4 Å². The van der Waals surface area contributed by atoms with Gasteiger partial charge in [-0.1, -0.05) is 57.9 Å². The number of rotatable bonds is 6. The molecule has 0 radical (unpaired) electrons. The molecule has 1 aromatic heterocycles. The summed E-state index contributed by atoms with van der Waals surface area (Å²) in [5, 5.41) is 6.53. The number of hydrogen-bond donors (Lipinski definition) is 3. The van der Waals surface area contributed by atoms with Gasteiger partial charge in [-0.05, 0) is 92.2 Å². The highest BCUT2D eigenvalue weighted by Gasteiger charge is 2.62. The third-order valence-corrected chi connectivity index (χ3v) is 14.1. The van der Waals surface area contributed by atoms with Gasteiger partial charge < -0.3 is 25.0 Å². The SMILES string of the molecule is CC[C@@H]1C[C@]1(NC(=O)[C@@H]1C[C@@H]2CN1C(=O)[C@H](C(C)(C)C)NC(=O)O[C@@H]1CCC[C@H]1CC=CCCn1c(cc3cc(Cl)ccc3c1=O)O2)C(=O)NS(=O)(=O)C1CC1. The molecular formula is C40H52ClN5O9S. The molecule has 2 aromatic rings. The van der Waals surface area contributed by atoms with E-state index in [0.717, 1.165) is 12.8 Å². The molecule has 2 bridgehead atoms. The summed E-state index contributed by atoms with van der Waals surface area (Å²) in [7, 11) is -3.89. The van der Waals surface area contributed by atoms with Crippen molar-refractivity contribution in [1.29, 1.82) is 0 Å². The van der Waals surface area contributed by atoms with E-state index in [0.29, 0.717) is 60.9 Å². The molecule has 1 saturated heterocycles. The van der Waals surface area contributed by atoms with Crippen molar-refractivity contribution in [3.8, 4) is 5.88 Å². The monoisotopic (exact) mass is 813 g/mol. The number of ether oxygens (including phenoxy) is 2. The minimum Gasteiger partial charge on any atom is -0.473 e. The molecule has 1 aromatic carbocycles. The zero-order valence-electron chi connectivity index (χ0n) is 32.3. The second-order valence-corrected chi connectivity index (χ2v) is 19.6. The number of halogens is 1. The van der Waals surface area contributed by atoms with E-state index in [1.807, 2.05) is 13.0 Å². The lowest BCUT2D eigenvalue weighted by Crippen LogP contribution is -2.60. The summed E-state index contributed by atoms with van der Waals surface area (Å²) in [5.41, 5.74) is -2.57. The van der Waals surface area contributed by atoms with Crippen LogP contribution in [0.4, 0.5) is 4.79 Å². The number of nitrogens with zero attached hydrogens (tertiary/aromatic N) is 2. The second kappa shape index (κ2) is 15.3. The van der Waals surface area contributed by atoms with Crippen molar-refractivity contribution in [2.24, 2.45) is 17.3 Å². The summed E-state index contributed by atoms with van der Waals surface area (Å²) < 4.78 is 41.8. The fourth-order valence-corrected chi connectivity index (χ4v) is 10.1. The standard InChI is InChI=1S/C40H52ClN5O9S/c1-5-25-21-40(25,37(50)44-56(52,53)28-14-15-28)43-34(47)30-20-27-22-46(30)36(49)33(39(2,3)4)42-38(51)55-31-12-9-11-23(31)10-7-6-8-17-45-32(54-27)19-24-18-26(41)13-16-29(24)35(45)48/h6-7,13,16,18-19,23,25,27-28,30-31,33H,5,8-12,14-15,17,20-22H2,1-4H3,(H,42,51)(H,43,47)(H,44,50)/t23-,25-,27-,30+,31-,33-,40-/m1/s1. The molecule has 304 valence electrons. The Bertz CT molecular complexity index is 2110. The van der Waals surface area contributed by atoms with Crippen LogP contribution >= 0.6 is 11.6 Å². The van der Waals surface area contributed by atoms with Crippen LogP contribution in [-0.2, 0) is 35.7 Å². The highest BCUT2D eigenvalue weighted by atomic mass is 35.5. The lowest BCUT2D eigenvalue weighted by atomic mass is 9.85. The second-order valence-electron chi connectivity index (χ2n) is 17.2. The maximum Gasteiger partial charge on any atom is 0.408 e. The van der Waals surface area contributed by atoms with Crippen LogP contribution in [0.5, 0.6) is 5.88 Å². The number of benzene rings is 1. The normalized spacial score (nSPS) is 29.9. The molecule has 4 fully saturated rings. The van der Waals surface area contributed by atoms with Crippen LogP contribution in [0.2, 0.25) is 5.02 Å². The van der Waals surface area contributed by atoms with Gasteiger partial charge in [0.2, 0.25) is 21.8 Å². The molecule has 3 N–H and O–H groups in total. The van der Waals surface area contributed by atoms with Gasteiger partial charge >= 0.3 is 6.09 Å². The number of amides is 4. The molecule has 7 atom stereocenters. The third kappa shape index (κ3) is 8.16. The number of sulfonamides is 1. The zero-order valence-corrected chi connectivity index (χ0v) is 33.9. The number of pyridine rings is 1. The lowest BCUT2D eigenvalue weighted by molar-refractivity contribution is -0.143. The molecular weight excluding hydrogens is 762 g/mol. The number of allylic oxidation sites excluding steroid dienone is 2. The topological polar surface area (TPSA) is 182 Å². The molecule has 14 nitrogen and oxygen atoms in total. The molecule has 3 saturated carbocycles. The van der Waals surface area contributed by atoms with Crippen LogP contribution in [-0.4, -0.2) is 83.3 Å². The smallest absolute Gasteiger partial charge is 0.408 e. The van der Waals surface area contributed by atoms with E-state index in [4.69, 9.17) is 21.1 Å². The van der Waals surface area contributed by atoms with Crippen LogP contribution < -0.4 is 25.7 Å². The predicted molar refractivity (Wildman–Crippen MR) is 209 cm³/mol. The van der Waals surface area contributed by atoms with Crippen LogP contribution in [0, 0.1) is 17.3 Å². The first-order valence-corrected chi connectivity index (χ1v) is 21.7. The highest BCUT2D eigenvalue weighted by molar-refractivity contribution is 7.91. The Balaban J connectivity index is 1.25. The zero-order chi connectivity index (χ0) is 40.2. The number of carbonyl (C=O) groups excluding carboxylic acids is 4. The molecule has 16 heteroatoms. The minimum absolute atomic E-state index is 0.0147. The first-order chi connectivity index (χ1) is 26.5. The summed E-state index contributed by atoms with van der Waals surface area (Å²) in [4.78, 5) is 71.6. The first-order valence-electron chi connectivity index (χ1n) is 19.8. The van der Waals surface area contributed by atoms with Gasteiger partial charge in [-0.2, -0.15) is 0 Å². The third-order valence-electron chi connectivity index (χ3n) is 12.1. The Labute approximate surface area is 332 Å². The first kappa shape index (κ1) is 40.1. The number of fused-ring (bicyclic) bond motifs is 5. The average Bonchev–Trinajstić information content (AvgIpc) is 4.02. The maximum absolute atomic E-state index is 14.7. The van der Waals surface area contributed by atoms with E-state index in [9.17, 15) is 32.4 Å². The molecule has 0 spiro atoms. The quantitative estimate of drug-likeness (QED) is 0.353. The summed E-state index contributed by atoms with van der Waals surface area (Å²) in [5.74, 6) is -1.96. The van der Waals surface area contributed by atoms with Crippen molar-refractivity contribution < 1.29 is 37.1 Å². The van der Waals surface area contributed by atoms with Gasteiger partial charge in [0.25, 0.3) is 11.5 Å². The van der Waals surface area contributed by atoms with Crippen LogP contribution in [0.15, 0.2) is 41.2 Å². The number of carbonyl (C=O) groups is 4. The van der Waals surface area contributed by atoms with Crippen molar-refractivity contribution in [2.45, 2.75) is 134 Å². The van der Waals surface area contributed by atoms with Crippen LogP contribution in [0.3, 0.4) is 0 Å². The molecule has 2 aliphatic heterocycles. The number of hydrogen-bond acceptors (Lipinski definition) is 9. The van der Waals surface area contributed by atoms with Gasteiger partial charge in [0.05, 0.1) is 11.8 Å². The van der Waals surface area contributed by atoms with E-state index in [1.54, 1.807) is 49.6 Å². The average molecular weight is 814 g/mol. The number of nitrogens with one attached hydrogen (secondary N) is 3. The van der Waals surface area contributed by atoms with Gasteiger partial charge in [-0.25, -0.2) is 13.2 Å². The van der Waals surface area contributed by atoms with E-state index in [-0.39, 0.29) is 48.8 Å². The summed E-state index contributed by atoms with van der Waals surface area (Å²) >= 11 is 6.33. The Hall–Kier alpha value is -4.11. The van der Waals surface area contributed by atoms with Crippen molar-refractivity contribution in [1.82, 2.24) is 24.8 Å². The van der Waals surface area contributed by atoms with Gasteiger partial charge in [0, 0.05) is 29.4 Å². The molecule has 3 aliphatic carbocycles. The largest absolute Gasteiger partial charge is 0.473 e. The van der Waals surface area contributed by atoms with Gasteiger partial charge in [-0.15, -0.1) is 0 Å². The Morgan fingerprint density at radius 2 is 1.82 bits per heavy atom. The fraction of sp³-hybridized carbons (Fsp3) is 0.625. The molecule has 7 rings (SSSR count). The summed E-state index contributed by atoms with van der Waals surface area (Å²) in [6.07, 6.45) is 7.55. The van der Waals surface area contributed by atoms with Crippen molar-refractivity contribution >= 4 is 56.2 Å². The van der Waals surface area contributed by atoms with Crippen molar-refractivity contribution in [3.05, 3.63) is 51.8 Å². The Kier molecular flexibility index (Phi) is 11.0. The molecule has 5 aliphatic rings. The van der Waals surface area contributed by atoms with Crippen LogP contribution in [0.1, 0.15) is 91.9 Å². The van der Waals surface area contributed by atoms with E-state index in [1.165, 1.54) is 4.90 Å². The molecule has 4 amide bonds. The van der Waals surface area contributed by atoms with E-state index >= 15 is 0 Å². The maximum atomic E-state index is 14.7. The molecule has 3 heterocycles. The minimum atomic E-state index is -3.89. The van der Waals surface area contributed by atoms with Crippen molar-refractivity contribution in [3.63, 3.8) is 0 Å². The van der Waals surface area contributed by atoms with Crippen molar-refractivity contribution in [2.75, 3.05) is 6.54 Å². The fourth-order valence-electron chi connectivity index (χ4n) is 8.58. The van der Waals surface area contributed by atoms with Gasteiger partial charge in [0.15, 0.2) is 5.88 Å². The lowest BCUT2D eigenvalue weighted by Gasteiger charge is -2.35. The van der Waals surface area contributed by atoms with Gasteiger partial charge in [0.1, 0.15) is 29.8 Å². The molecule has 56 heavy (non-hydrogen) atoms. The molecule has 0 unspecified atom stereocenters. The predicted octanol–water partition coefficient (Wildman–Crippen LogP) is 4.56.